The number of halogens is 2. The van der Waals surface area contributed by atoms with Crippen LogP contribution in [0, 0.1) is 11.6 Å². The highest BCUT2D eigenvalue weighted by atomic mass is 32.2. The van der Waals surface area contributed by atoms with Crippen LogP contribution in [0.15, 0.2) is 59.9 Å². The normalized spacial score (nSPS) is 14.6. The number of nitrogens with one attached hydrogen (secondary N) is 1. The molecule has 1 saturated heterocycles. The number of sulfonamides is 1. The highest BCUT2D eigenvalue weighted by Crippen LogP contribution is 2.31. The average molecular weight is 575 g/mol. The number of ketones is 1. The minimum absolute atomic E-state index is 0. The number of nitrogen functional groups attached to an aromatic ring is 1. The summed E-state index contributed by atoms with van der Waals surface area (Å²) in [5.74, 6) is -2.95. The van der Waals surface area contributed by atoms with Crippen LogP contribution in [0.1, 0.15) is 35.5 Å². The van der Waals surface area contributed by atoms with Gasteiger partial charge in [0, 0.05) is 26.2 Å². The molecule has 0 unspecified atom stereocenters. The summed E-state index contributed by atoms with van der Waals surface area (Å²) in [5, 5.41) is 3.50. The number of aryl methyl sites for hydroxylation is 1. The third kappa shape index (κ3) is 5.56. The number of hydrogen-bond donors (Lipinski definition) is 2. The van der Waals surface area contributed by atoms with E-state index >= 15 is 0 Å². The number of aromatic nitrogens is 3. The van der Waals surface area contributed by atoms with Gasteiger partial charge in [-0.2, -0.15) is 4.31 Å². The largest absolute Gasteiger partial charge is 0.382 e. The molecule has 206 valence electrons. The Hall–Kier alpha value is -3.68. The molecule has 3 N–H and O–H groups in total. The van der Waals surface area contributed by atoms with Gasteiger partial charge in [-0.15, -0.1) is 0 Å². The molecule has 0 amide bonds. The number of nitrogens with two attached hydrogens (primary N) is 1. The number of anilines is 2. The molecule has 0 aliphatic carbocycles. The Labute approximate surface area is 229 Å². The molecule has 0 bridgehead atoms. The molecule has 2 aromatic heterocycles. The minimum Gasteiger partial charge on any atom is -0.382 e. The molecule has 2 aromatic carbocycles. The predicted molar refractivity (Wildman–Crippen MR) is 147 cm³/mol. The van der Waals surface area contributed by atoms with Crippen LogP contribution >= 0.6 is 11.3 Å². The molecule has 4 aromatic rings. The lowest BCUT2D eigenvalue weighted by atomic mass is 10.1. The fourth-order valence-corrected chi connectivity index (χ4v) is 6.76. The summed E-state index contributed by atoms with van der Waals surface area (Å²) in [4.78, 5) is 21.1. The second-order valence-corrected chi connectivity index (χ2v) is 11.8. The Morgan fingerprint density at radius 2 is 1.74 bits per heavy atom. The molecular weight excluding hydrogens is 546 g/mol. The molecule has 1 aliphatic rings. The first-order chi connectivity index (χ1) is 18.1. The topological polar surface area (TPSA) is 123 Å². The number of carbonyl (C=O) groups excluding carboxylic acids is 1. The third-order valence-corrected chi connectivity index (χ3v) is 9.35. The number of carbonyl (C=O) groups is 1. The lowest BCUT2D eigenvalue weighted by molar-refractivity contribution is 0.103. The molecule has 0 atom stereocenters. The molecule has 0 spiro atoms. The lowest BCUT2D eigenvalue weighted by Gasteiger charge is -2.31. The number of imidazole rings is 1. The summed E-state index contributed by atoms with van der Waals surface area (Å²) < 4.78 is 57.8. The standard InChI is InChI=1S/C25H24F2N6O3S2.CH4/c1-32-14-29-13-20(32)15-5-7-17(8-6-15)38(35,36)33-11-9-16(10-12-33)30-25-31-24(28)23(37-25)22(34)21-18(26)3-2-4-19(21)27;/h2-8,13-14,16H,9-12,28H2,1H3,(H,30,31);1H4. The molecule has 3 heterocycles. The molecule has 0 saturated carbocycles. The van der Waals surface area contributed by atoms with Gasteiger partial charge in [-0.1, -0.05) is 37.0 Å². The summed E-state index contributed by atoms with van der Waals surface area (Å²) in [6, 6.07) is 9.78. The number of piperidine rings is 1. The highest BCUT2D eigenvalue weighted by molar-refractivity contribution is 7.89. The average Bonchev–Trinajstić information content (AvgIpc) is 3.49. The number of rotatable bonds is 7. The Bertz CT molecular complexity index is 1570. The van der Waals surface area contributed by atoms with E-state index in [1.807, 2.05) is 11.6 Å². The van der Waals surface area contributed by atoms with Crippen molar-refractivity contribution in [1.29, 1.82) is 0 Å². The number of hydrogen-bond acceptors (Lipinski definition) is 8. The van der Waals surface area contributed by atoms with Gasteiger partial charge >= 0.3 is 0 Å². The Morgan fingerprint density at radius 1 is 1.10 bits per heavy atom. The Kier molecular flexibility index (Phi) is 8.14. The van der Waals surface area contributed by atoms with Crippen molar-refractivity contribution in [3.63, 3.8) is 0 Å². The maximum atomic E-state index is 14.1. The summed E-state index contributed by atoms with van der Waals surface area (Å²) in [5.41, 5.74) is 6.95. The van der Waals surface area contributed by atoms with Crippen molar-refractivity contribution >= 4 is 38.1 Å². The van der Waals surface area contributed by atoms with Gasteiger partial charge in [-0.25, -0.2) is 27.2 Å². The maximum Gasteiger partial charge on any atom is 0.243 e. The van der Waals surface area contributed by atoms with E-state index in [0.717, 1.165) is 34.7 Å². The van der Waals surface area contributed by atoms with Gasteiger partial charge in [-0.3, -0.25) is 4.79 Å². The lowest BCUT2D eigenvalue weighted by Crippen LogP contribution is -2.42. The fourth-order valence-electron chi connectivity index (χ4n) is 4.38. The number of nitrogens with zero attached hydrogens (tertiary/aromatic N) is 4. The molecule has 9 nitrogen and oxygen atoms in total. The van der Waals surface area contributed by atoms with Crippen LogP contribution in [0.2, 0.25) is 0 Å². The van der Waals surface area contributed by atoms with Crippen LogP contribution in [-0.4, -0.2) is 52.2 Å². The van der Waals surface area contributed by atoms with Crippen LogP contribution in [0.3, 0.4) is 0 Å². The first-order valence-electron chi connectivity index (χ1n) is 11.7. The van der Waals surface area contributed by atoms with Crippen LogP contribution < -0.4 is 11.1 Å². The van der Waals surface area contributed by atoms with Crippen LogP contribution in [-0.2, 0) is 17.1 Å². The molecule has 1 aliphatic heterocycles. The Balaban J connectivity index is 0.00000353. The number of thiazole rings is 1. The molecule has 39 heavy (non-hydrogen) atoms. The highest BCUT2D eigenvalue weighted by Gasteiger charge is 2.30. The third-order valence-electron chi connectivity index (χ3n) is 6.44. The van der Waals surface area contributed by atoms with E-state index in [2.05, 4.69) is 15.3 Å². The quantitative estimate of drug-likeness (QED) is 0.311. The van der Waals surface area contributed by atoms with Crippen molar-refractivity contribution < 1.29 is 22.0 Å². The van der Waals surface area contributed by atoms with E-state index in [1.165, 1.54) is 10.4 Å². The summed E-state index contributed by atoms with van der Waals surface area (Å²) in [7, 11) is -1.80. The first kappa shape index (κ1) is 28.3. The van der Waals surface area contributed by atoms with Gasteiger partial charge in [0.1, 0.15) is 22.3 Å². The van der Waals surface area contributed by atoms with Gasteiger partial charge < -0.3 is 15.6 Å². The molecule has 5 rings (SSSR count). The van der Waals surface area contributed by atoms with Crippen molar-refractivity contribution in [2.45, 2.75) is 31.2 Å². The monoisotopic (exact) mass is 574 g/mol. The molecule has 13 heteroatoms. The summed E-state index contributed by atoms with van der Waals surface area (Å²) in [6.45, 7) is 0.577. The molecule has 1 fully saturated rings. The van der Waals surface area contributed by atoms with Gasteiger partial charge in [0.25, 0.3) is 0 Å². The zero-order valence-electron chi connectivity index (χ0n) is 20.3. The predicted octanol–water partition coefficient (Wildman–Crippen LogP) is 4.54. The van der Waals surface area contributed by atoms with E-state index in [1.54, 1.807) is 36.8 Å². The Morgan fingerprint density at radius 3 is 2.33 bits per heavy atom. The molecular formula is C26H28F2N6O3S2. The molecule has 0 radical (unpaired) electrons. The van der Waals surface area contributed by atoms with Crippen molar-refractivity contribution in [2.24, 2.45) is 7.05 Å². The second kappa shape index (κ2) is 11.2. The van der Waals surface area contributed by atoms with Gasteiger partial charge in [0.05, 0.1) is 28.7 Å². The smallest absolute Gasteiger partial charge is 0.243 e. The van der Waals surface area contributed by atoms with Gasteiger partial charge in [0.15, 0.2) is 5.13 Å². The first-order valence-corrected chi connectivity index (χ1v) is 14.0. The van der Waals surface area contributed by atoms with E-state index in [0.29, 0.717) is 18.0 Å². The zero-order valence-corrected chi connectivity index (χ0v) is 21.9. The van der Waals surface area contributed by atoms with E-state index < -0.39 is 33.0 Å². The van der Waals surface area contributed by atoms with Crippen LogP contribution in [0.25, 0.3) is 11.3 Å². The van der Waals surface area contributed by atoms with Crippen molar-refractivity contribution in [2.75, 3.05) is 24.1 Å². The van der Waals surface area contributed by atoms with Crippen LogP contribution in [0.5, 0.6) is 0 Å². The van der Waals surface area contributed by atoms with Gasteiger partial charge in [0.2, 0.25) is 15.8 Å². The second-order valence-electron chi connectivity index (χ2n) is 8.90. The van der Waals surface area contributed by atoms with Crippen molar-refractivity contribution in [3.8, 4) is 11.3 Å². The summed E-state index contributed by atoms with van der Waals surface area (Å²) >= 11 is 0.910. The maximum absolute atomic E-state index is 14.1. The van der Waals surface area contributed by atoms with Crippen molar-refractivity contribution in [1.82, 2.24) is 18.8 Å². The zero-order chi connectivity index (χ0) is 27.0. The number of benzene rings is 2. The van der Waals surface area contributed by atoms with Gasteiger partial charge in [-0.05, 0) is 42.7 Å². The SMILES string of the molecule is C.Cn1cncc1-c1ccc(S(=O)(=O)N2CCC(Nc3nc(N)c(C(=O)c4c(F)cccc4F)s3)CC2)cc1. The fraction of sp³-hybridized carbons (Fsp3) is 0.269. The van der Waals surface area contributed by atoms with E-state index in [9.17, 15) is 22.0 Å². The minimum atomic E-state index is -3.67. The van der Waals surface area contributed by atoms with Crippen LogP contribution in [0.4, 0.5) is 19.7 Å². The van der Waals surface area contributed by atoms with E-state index in [4.69, 9.17) is 5.73 Å². The summed E-state index contributed by atoms with van der Waals surface area (Å²) in [6.07, 6.45) is 4.39. The van der Waals surface area contributed by atoms with E-state index in [-0.39, 0.29) is 42.1 Å². The van der Waals surface area contributed by atoms with Crippen molar-refractivity contribution in [3.05, 3.63) is 77.1 Å².